The third kappa shape index (κ3) is 6.36. The maximum atomic E-state index is 12.2. The number of hydrogen-bond acceptors (Lipinski definition) is 4. The number of halogens is 3. The molecule has 0 aliphatic rings. The van der Waals surface area contributed by atoms with Crippen LogP contribution in [0.5, 0.6) is 5.06 Å². The lowest BCUT2D eigenvalue weighted by Crippen LogP contribution is -2.42. The predicted octanol–water partition coefficient (Wildman–Crippen LogP) is 4.44. The monoisotopic (exact) mass is 357 g/mol. The summed E-state index contributed by atoms with van der Waals surface area (Å²) in [7, 11) is 0. The minimum Gasteiger partial charge on any atom is -0.598 e. The lowest BCUT2D eigenvalue weighted by Gasteiger charge is -2.29. The van der Waals surface area contributed by atoms with Gasteiger partial charge in [-0.05, 0) is 38.8 Å². The molecule has 8 heteroatoms. The van der Waals surface area contributed by atoms with Gasteiger partial charge < -0.3 is 9.29 Å². The predicted molar refractivity (Wildman–Crippen MR) is 84.5 cm³/mol. The Bertz CT molecular complexity index is 469. The van der Waals surface area contributed by atoms with Crippen molar-refractivity contribution in [2.75, 3.05) is 6.61 Å². The summed E-state index contributed by atoms with van der Waals surface area (Å²) in [5, 5.41) is 0.210. The highest BCUT2D eigenvalue weighted by molar-refractivity contribution is 7.90. The number of rotatable bonds is 6. The van der Waals surface area contributed by atoms with E-state index in [1.54, 1.807) is 6.07 Å². The summed E-state index contributed by atoms with van der Waals surface area (Å²) in [6.07, 6.45) is -4.35. The minimum absolute atomic E-state index is 0.139. The van der Waals surface area contributed by atoms with Crippen LogP contribution in [0, 0.1) is 5.92 Å². The van der Waals surface area contributed by atoms with Gasteiger partial charge in [-0.3, -0.25) is 0 Å². The van der Waals surface area contributed by atoms with Crippen LogP contribution >= 0.6 is 11.3 Å². The summed E-state index contributed by atoms with van der Waals surface area (Å²) < 4.78 is 56.1. The van der Waals surface area contributed by atoms with E-state index in [0.29, 0.717) is 0 Å². The van der Waals surface area contributed by atoms with Crippen LogP contribution in [0.15, 0.2) is 12.1 Å². The molecule has 1 aromatic heterocycles. The molecule has 0 fully saturated rings. The van der Waals surface area contributed by atoms with E-state index in [9.17, 15) is 17.7 Å². The minimum atomic E-state index is -4.35. The first kappa shape index (κ1) is 19.6. The smallest absolute Gasteiger partial charge is 0.422 e. The van der Waals surface area contributed by atoms with Crippen molar-refractivity contribution in [3.8, 4) is 5.06 Å². The SMILES string of the molecule is CC(C)C(N[S+]([O-])C(C)(C)C)c1ccc(OCC(F)(F)F)s1. The summed E-state index contributed by atoms with van der Waals surface area (Å²) in [4.78, 5) is 0.810. The van der Waals surface area contributed by atoms with Crippen molar-refractivity contribution in [1.29, 1.82) is 0 Å². The van der Waals surface area contributed by atoms with E-state index in [1.165, 1.54) is 6.07 Å². The third-order valence-corrected chi connectivity index (χ3v) is 5.40. The standard InChI is InChI=1S/C14H22F3NO2S2/c1-9(2)12(18-22(19)13(3,4)5)10-6-7-11(21-10)20-8-14(15,16)17/h6-7,9,12,18H,8H2,1-5H3. The lowest BCUT2D eigenvalue weighted by atomic mass is 10.0. The zero-order valence-electron chi connectivity index (χ0n) is 13.3. The van der Waals surface area contributed by atoms with Gasteiger partial charge in [0, 0.05) is 16.2 Å². The van der Waals surface area contributed by atoms with E-state index < -0.39 is 28.9 Å². The Kier molecular flexibility index (Phi) is 6.61. The van der Waals surface area contributed by atoms with Gasteiger partial charge in [-0.2, -0.15) is 13.2 Å². The van der Waals surface area contributed by atoms with Crippen molar-refractivity contribution in [1.82, 2.24) is 4.72 Å². The average molecular weight is 357 g/mol. The van der Waals surface area contributed by atoms with Gasteiger partial charge in [-0.1, -0.05) is 13.8 Å². The van der Waals surface area contributed by atoms with Gasteiger partial charge >= 0.3 is 6.18 Å². The number of nitrogens with one attached hydrogen (secondary N) is 1. The van der Waals surface area contributed by atoms with Crippen molar-refractivity contribution < 1.29 is 22.5 Å². The van der Waals surface area contributed by atoms with Gasteiger partial charge in [-0.15, -0.1) is 16.1 Å². The van der Waals surface area contributed by atoms with Gasteiger partial charge in [0.1, 0.15) is 4.75 Å². The Labute approximate surface area is 136 Å². The maximum absolute atomic E-state index is 12.2. The second-order valence-electron chi connectivity index (χ2n) is 6.28. The van der Waals surface area contributed by atoms with Gasteiger partial charge in [0.05, 0.1) is 6.04 Å². The fraction of sp³-hybridized carbons (Fsp3) is 0.714. The Morgan fingerprint density at radius 2 is 1.86 bits per heavy atom. The fourth-order valence-electron chi connectivity index (χ4n) is 1.55. The molecule has 1 aromatic rings. The van der Waals surface area contributed by atoms with Crippen molar-refractivity contribution >= 4 is 22.7 Å². The van der Waals surface area contributed by atoms with Crippen LogP contribution in [0.1, 0.15) is 45.5 Å². The van der Waals surface area contributed by atoms with E-state index in [0.717, 1.165) is 16.2 Å². The summed E-state index contributed by atoms with van der Waals surface area (Å²) in [6, 6.07) is 3.03. The van der Waals surface area contributed by atoms with Crippen LogP contribution in [-0.4, -0.2) is 22.1 Å². The molecule has 22 heavy (non-hydrogen) atoms. The van der Waals surface area contributed by atoms with Crippen molar-refractivity contribution in [3.05, 3.63) is 17.0 Å². The zero-order valence-corrected chi connectivity index (χ0v) is 14.9. The number of hydrogen-bond donors (Lipinski definition) is 1. The fourth-order valence-corrected chi connectivity index (χ4v) is 3.69. The zero-order chi connectivity index (χ0) is 17.1. The molecule has 3 nitrogen and oxygen atoms in total. The third-order valence-electron chi connectivity index (χ3n) is 2.74. The van der Waals surface area contributed by atoms with E-state index in [2.05, 4.69) is 4.72 Å². The van der Waals surface area contributed by atoms with Gasteiger partial charge in [0.2, 0.25) is 0 Å². The van der Waals surface area contributed by atoms with Gasteiger partial charge in [-0.25, -0.2) is 0 Å². The molecule has 1 heterocycles. The van der Waals surface area contributed by atoms with Crippen molar-refractivity contribution in [2.24, 2.45) is 5.92 Å². The van der Waals surface area contributed by atoms with Crippen LogP contribution in [0.3, 0.4) is 0 Å². The second kappa shape index (κ2) is 7.42. The molecule has 0 spiro atoms. The first-order chi connectivity index (χ1) is 9.90. The van der Waals surface area contributed by atoms with Crippen molar-refractivity contribution in [3.63, 3.8) is 0 Å². The van der Waals surface area contributed by atoms with E-state index >= 15 is 0 Å². The Morgan fingerprint density at radius 1 is 1.27 bits per heavy atom. The molecule has 0 aliphatic carbocycles. The summed E-state index contributed by atoms with van der Waals surface area (Å²) in [6.45, 7) is 8.21. The maximum Gasteiger partial charge on any atom is 0.422 e. The number of alkyl halides is 3. The lowest BCUT2D eigenvalue weighted by molar-refractivity contribution is -0.152. The molecule has 2 atom stereocenters. The average Bonchev–Trinajstić information content (AvgIpc) is 2.79. The second-order valence-corrected chi connectivity index (χ2v) is 9.36. The molecule has 0 saturated heterocycles. The summed E-state index contributed by atoms with van der Waals surface area (Å²) >= 11 is -0.118. The molecular formula is C14H22F3NO2S2. The summed E-state index contributed by atoms with van der Waals surface area (Å²) in [5.74, 6) is 0.139. The molecule has 0 saturated carbocycles. The van der Waals surface area contributed by atoms with Crippen LogP contribution in [0.25, 0.3) is 0 Å². The van der Waals surface area contributed by atoms with E-state index in [1.807, 2.05) is 34.6 Å². The highest BCUT2D eigenvalue weighted by Crippen LogP contribution is 2.34. The normalized spacial score (nSPS) is 15.9. The Hall–Kier alpha value is -0.440. The van der Waals surface area contributed by atoms with Gasteiger partial charge in [0.25, 0.3) is 0 Å². The first-order valence-electron chi connectivity index (χ1n) is 6.87. The molecule has 128 valence electrons. The van der Waals surface area contributed by atoms with Crippen LogP contribution in [0.4, 0.5) is 13.2 Å². The van der Waals surface area contributed by atoms with Crippen LogP contribution < -0.4 is 9.46 Å². The molecule has 0 aromatic carbocycles. The van der Waals surface area contributed by atoms with Gasteiger partial charge in [0.15, 0.2) is 11.7 Å². The largest absolute Gasteiger partial charge is 0.598 e. The highest BCUT2D eigenvalue weighted by Gasteiger charge is 2.32. The molecule has 0 aliphatic heterocycles. The van der Waals surface area contributed by atoms with Crippen LogP contribution in [-0.2, 0) is 11.4 Å². The number of ether oxygens (including phenoxy) is 1. The van der Waals surface area contributed by atoms with Crippen molar-refractivity contribution in [2.45, 2.75) is 51.6 Å². The molecule has 2 unspecified atom stereocenters. The Balaban J connectivity index is 2.79. The number of thiophene rings is 1. The molecular weight excluding hydrogens is 335 g/mol. The Morgan fingerprint density at radius 3 is 2.32 bits per heavy atom. The first-order valence-corrected chi connectivity index (χ1v) is 8.84. The molecule has 1 rings (SSSR count). The highest BCUT2D eigenvalue weighted by atomic mass is 32.2. The summed E-state index contributed by atoms with van der Waals surface area (Å²) in [5.41, 5.74) is 0. The van der Waals surface area contributed by atoms with Crippen LogP contribution in [0.2, 0.25) is 0 Å². The van der Waals surface area contributed by atoms with E-state index in [-0.39, 0.29) is 17.0 Å². The van der Waals surface area contributed by atoms with E-state index in [4.69, 9.17) is 4.74 Å². The molecule has 0 radical (unpaired) electrons. The topological polar surface area (TPSA) is 44.3 Å². The quantitative estimate of drug-likeness (QED) is 0.766. The molecule has 0 amide bonds. The molecule has 0 bridgehead atoms. The molecule has 1 N–H and O–H groups in total.